The van der Waals surface area contributed by atoms with Gasteiger partial charge < -0.3 is 0 Å². The fourth-order valence-corrected chi connectivity index (χ4v) is 2.35. The third kappa shape index (κ3) is 2.33. The summed E-state index contributed by atoms with van der Waals surface area (Å²) in [5, 5.41) is 0. The molecule has 3 nitrogen and oxygen atoms in total. The lowest BCUT2D eigenvalue weighted by atomic mass is 10.1. The Bertz CT molecular complexity index is 438. The molecule has 0 saturated heterocycles. The second-order valence-electron chi connectivity index (χ2n) is 3.48. The van der Waals surface area contributed by atoms with Crippen molar-refractivity contribution >= 4 is 41.2 Å². The van der Waals surface area contributed by atoms with Crippen LogP contribution >= 0.6 is 22.9 Å². The lowest BCUT2D eigenvalue weighted by molar-refractivity contribution is 0.0963. The summed E-state index contributed by atoms with van der Waals surface area (Å²) >= 11 is 7.05. The van der Waals surface area contributed by atoms with Gasteiger partial charge in [0.15, 0.2) is 11.4 Å². The first-order valence-electron chi connectivity index (χ1n) is 4.47. The number of thiophene rings is 1. The molecule has 2 heterocycles. The minimum Gasteiger partial charge on any atom is -0.293 e. The fourth-order valence-electron chi connectivity index (χ4n) is 1.37. The summed E-state index contributed by atoms with van der Waals surface area (Å²) in [5.41, 5.74) is -0.618. The largest absolute Gasteiger partial charge is 0.293 e. The van der Waals surface area contributed by atoms with Gasteiger partial charge >= 0.3 is 0 Å². The van der Waals surface area contributed by atoms with Gasteiger partial charge in [0, 0.05) is 12.4 Å². The quantitative estimate of drug-likeness (QED) is 0.749. The summed E-state index contributed by atoms with van der Waals surface area (Å²) in [4.78, 5) is 20.8. The van der Waals surface area contributed by atoms with E-state index in [-0.39, 0.29) is 12.2 Å². The average Bonchev–Trinajstić information content (AvgIpc) is 2.75. The number of aliphatic imine (C=N–C) groups is 2. The maximum atomic E-state index is 11.8. The van der Waals surface area contributed by atoms with Crippen LogP contribution in [-0.4, -0.2) is 23.9 Å². The van der Waals surface area contributed by atoms with E-state index in [1.807, 2.05) is 6.92 Å². The molecule has 0 radical (unpaired) electrons. The first-order valence-corrected chi connectivity index (χ1v) is 5.66. The van der Waals surface area contributed by atoms with Crippen LogP contribution in [0.5, 0.6) is 0 Å². The van der Waals surface area contributed by atoms with Gasteiger partial charge in [-0.25, -0.2) is 0 Å². The van der Waals surface area contributed by atoms with E-state index in [0.717, 1.165) is 0 Å². The van der Waals surface area contributed by atoms with E-state index >= 15 is 0 Å². The molecule has 1 aromatic rings. The maximum absolute atomic E-state index is 11.8. The zero-order valence-corrected chi connectivity index (χ0v) is 9.68. The lowest BCUT2D eigenvalue weighted by Gasteiger charge is -2.15. The summed E-state index contributed by atoms with van der Waals surface area (Å²) in [6, 6.07) is 3.46. The van der Waals surface area contributed by atoms with Crippen molar-refractivity contribution in [1.82, 2.24) is 0 Å². The number of carbonyl (C=O) groups excluding carboxylic acids is 1. The van der Waals surface area contributed by atoms with Crippen LogP contribution in [0.1, 0.15) is 23.0 Å². The Morgan fingerprint density at radius 3 is 2.67 bits per heavy atom. The molecule has 0 unspecified atom stereocenters. The Morgan fingerprint density at radius 1 is 1.47 bits per heavy atom. The summed E-state index contributed by atoms with van der Waals surface area (Å²) in [6.45, 7) is 1.83. The number of ketones is 1. The molecule has 1 aliphatic rings. The molecule has 0 atom stereocenters. The van der Waals surface area contributed by atoms with Gasteiger partial charge in [-0.05, 0) is 19.1 Å². The van der Waals surface area contributed by atoms with Crippen molar-refractivity contribution in [1.29, 1.82) is 0 Å². The molecular formula is C10H9ClN2OS. The van der Waals surface area contributed by atoms with Crippen LogP contribution in [0.25, 0.3) is 0 Å². The molecule has 0 bridgehead atoms. The molecule has 0 aromatic carbocycles. The summed E-state index contributed by atoms with van der Waals surface area (Å²) in [6.07, 6.45) is 3.53. The van der Waals surface area contributed by atoms with Crippen molar-refractivity contribution in [3.8, 4) is 0 Å². The Labute approximate surface area is 96.5 Å². The standard InChI is InChI=1S/C10H9ClN2OS/c1-10(12-4-5-13-10)6-7(14)8-2-3-9(11)15-8/h2-5H,6H2,1H3. The van der Waals surface area contributed by atoms with Crippen molar-refractivity contribution < 1.29 is 4.79 Å². The first kappa shape index (κ1) is 10.5. The number of Topliss-reactive ketones (excluding diaryl/α,β-unsaturated/α-hetero) is 1. The van der Waals surface area contributed by atoms with Crippen LogP contribution in [0.3, 0.4) is 0 Å². The fraction of sp³-hybridized carbons (Fsp3) is 0.300. The summed E-state index contributed by atoms with van der Waals surface area (Å²) in [7, 11) is 0. The number of nitrogens with zero attached hydrogens (tertiary/aromatic N) is 2. The highest BCUT2D eigenvalue weighted by atomic mass is 35.5. The molecule has 5 heteroatoms. The van der Waals surface area contributed by atoms with E-state index in [1.54, 1.807) is 24.6 Å². The minimum absolute atomic E-state index is 0.0330. The third-order valence-corrected chi connectivity index (χ3v) is 3.39. The van der Waals surface area contributed by atoms with Crippen LogP contribution in [0.4, 0.5) is 0 Å². The van der Waals surface area contributed by atoms with Gasteiger partial charge in [-0.3, -0.25) is 14.8 Å². The van der Waals surface area contributed by atoms with E-state index in [0.29, 0.717) is 9.21 Å². The van der Waals surface area contributed by atoms with Crippen LogP contribution in [0.2, 0.25) is 4.34 Å². The van der Waals surface area contributed by atoms with Gasteiger partial charge in [-0.2, -0.15) is 0 Å². The van der Waals surface area contributed by atoms with Crippen molar-refractivity contribution in [2.45, 2.75) is 19.0 Å². The molecule has 0 aliphatic carbocycles. The predicted octanol–water partition coefficient (Wildman–Crippen LogP) is 2.85. The monoisotopic (exact) mass is 240 g/mol. The van der Waals surface area contributed by atoms with Crippen molar-refractivity contribution in [3.63, 3.8) is 0 Å². The summed E-state index contributed by atoms with van der Waals surface area (Å²) in [5.74, 6) is 0.0330. The molecule has 0 N–H and O–H groups in total. The smallest absolute Gasteiger partial charge is 0.177 e. The van der Waals surface area contributed by atoms with Gasteiger partial charge in [0.1, 0.15) is 0 Å². The minimum atomic E-state index is -0.618. The van der Waals surface area contributed by atoms with Crippen molar-refractivity contribution in [3.05, 3.63) is 21.3 Å². The van der Waals surface area contributed by atoms with Crippen molar-refractivity contribution in [2.75, 3.05) is 0 Å². The molecule has 1 aromatic heterocycles. The van der Waals surface area contributed by atoms with Crippen LogP contribution in [0.15, 0.2) is 22.1 Å². The average molecular weight is 241 g/mol. The second-order valence-corrected chi connectivity index (χ2v) is 5.19. The van der Waals surface area contributed by atoms with E-state index < -0.39 is 5.66 Å². The molecule has 15 heavy (non-hydrogen) atoms. The molecule has 2 rings (SSSR count). The molecular weight excluding hydrogens is 232 g/mol. The van der Waals surface area contributed by atoms with Gasteiger partial charge in [0.05, 0.1) is 15.6 Å². The Morgan fingerprint density at radius 2 is 2.13 bits per heavy atom. The SMILES string of the molecule is CC1(CC(=O)c2ccc(Cl)s2)N=CC=N1. The van der Waals surface area contributed by atoms with Crippen molar-refractivity contribution in [2.24, 2.45) is 9.98 Å². The number of hydrogen-bond donors (Lipinski definition) is 0. The lowest BCUT2D eigenvalue weighted by Crippen LogP contribution is -2.21. The highest BCUT2D eigenvalue weighted by Gasteiger charge is 2.27. The first-order chi connectivity index (χ1) is 7.09. The predicted molar refractivity (Wildman–Crippen MR) is 63.7 cm³/mol. The molecule has 0 spiro atoms. The number of hydrogen-bond acceptors (Lipinski definition) is 4. The molecule has 0 saturated carbocycles. The molecule has 0 fully saturated rings. The Hall–Kier alpha value is -1.00. The maximum Gasteiger partial charge on any atom is 0.177 e. The van der Waals surface area contributed by atoms with Crippen LogP contribution in [0, 0.1) is 0 Å². The summed E-state index contributed by atoms with van der Waals surface area (Å²) < 4.78 is 0.627. The van der Waals surface area contributed by atoms with Crippen LogP contribution in [-0.2, 0) is 0 Å². The topological polar surface area (TPSA) is 41.8 Å². The van der Waals surface area contributed by atoms with E-state index in [9.17, 15) is 4.79 Å². The number of carbonyl (C=O) groups is 1. The third-order valence-electron chi connectivity index (χ3n) is 2.12. The molecule has 1 aliphatic heterocycles. The van der Waals surface area contributed by atoms with E-state index in [2.05, 4.69) is 9.98 Å². The van der Waals surface area contributed by atoms with Crippen LogP contribution < -0.4 is 0 Å². The normalized spacial score (nSPS) is 17.2. The Balaban J connectivity index is 2.10. The zero-order chi connectivity index (χ0) is 10.9. The van der Waals surface area contributed by atoms with Gasteiger partial charge in [-0.15, -0.1) is 11.3 Å². The van der Waals surface area contributed by atoms with Gasteiger partial charge in [-0.1, -0.05) is 11.6 Å². The Kier molecular flexibility index (Phi) is 2.71. The van der Waals surface area contributed by atoms with Gasteiger partial charge in [0.25, 0.3) is 0 Å². The highest BCUT2D eigenvalue weighted by Crippen LogP contribution is 2.27. The number of rotatable bonds is 3. The number of halogens is 1. The molecule has 0 amide bonds. The second kappa shape index (κ2) is 3.87. The van der Waals surface area contributed by atoms with E-state index in [4.69, 9.17) is 11.6 Å². The molecule has 78 valence electrons. The van der Waals surface area contributed by atoms with Gasteiger partial charge in [0.2, 0.25) is 0 Å². The zero-order valence-electron chi connectivity index (χ0n) is 8.11. The highest BCUT2D eigenvalue weighted by molar-refractivity contribution is 7.18. The van der Waals surface area contributed by atoms with E-state index in [1.165, 1.54) is 11.3 Å².